The maximum atomic E-state index is 12.7. The largest absolute Gasteiger partial charge is 0.319 e. The fourth-order valence-electron chi connectivity index (χ4n) is 2.52. The molecule has 0 aliphatic rings. The zero-order valence-electron chi connectivity index (χ0n) is 15.9. The van der Waals surface area contributed by atoms with E-state index >= 15 is 0 Å². The molecule has 0 atom stereocenters. The molecular weight excluding hydrogens is 428 g/mol. The summed E-state index contributed by atoms with van der Waals surface area (Å²) in [6.07, 6.45) is 2.41. The molecule has 3 rings (SSSR count). The second-order valence-corrected chi connectivity index (χ2v) is 8.74. The lowest BCUT2D eigenvalue weighted by atomic mass is 10.2. The van der Waals surface area contributed by atoms with Gasteiger partial charge in [-0.15, -0.1) is 5.10 Å². The summed E-state index contributed by atoms with van der Waals surface area (Å²) in [4.78, 5) is 21.0. The van der Waals surface area contributed by atoms with Gasteiger partial charge in [-0.25, -0.2) is 18.4 Å². The van der Waals surface area contributed by atoms with Gasteiger partial charge in [0.25, 0.3) is 5.91 Å². The third kappa shape index (κ3) is 4.53. The fraction of sp³-hybridized carbons (Fsp3) is 0.105. The van der Waals surface area contributed by atoms with Gasteiger partial charge in [-0.05, 0) is 37.3 Å². The van der Waals surface area contributed by atoms with E-state index in [0.717, 1.165) is 6.26 Å². The number of sulfone groups is 1. The van der Waals surface area contributed by atoms with Gasteiger partial charge >= 0.3 is 0 Å². The number of nitrogens with zero attached hydrogens (tertiary/aromatic N) is 5. The number of amides is 1. The standard InChI is InChI=1S/C19H15ClN6O3S/c1-11(23-19(27)14-6-15(20)8-16(7-14)30(3,28)29)18-24-12(2)25-26(18)17-5-4-13(9-21)10-22-17/h4-8,10H,1H2,2-3H3,(H,23,27). The molecule has 3 aromatic rings. The highest BCUT2D eigenvalue weighted by molar-refractivity contribution is 7.90. The quantitative estimate of drug-likeness (QED) is 0.641. The summed E-state index contributed by atoms with van der Waals surface area (Å²) in [5.74, 6) is 0.395. The maximum Gasteiger partial charge on any atom is 0.255 e. The summed E-state index contributed by atoms with van der Waals surface area (Å²) in [5.41, 5.74) is 0.544. The molecule has 1 aromatic carbocycles. The van der Waals surface area contributed by atoms with Gasteiger partial charge in [0.2, 0.25) is 0 Å². The smallest absolute Gasteiger partial charge is 0.255 e. The van der Waals surface area contributed by atoms with E-state index in [1.165, 1.54) is 29.1 Å². The molecule has 1 N–H and O–H groups in total. The molecule has 2 heterocycles. The summed E-state index contributed by atoms with van der Waals surface area (Å²) in [6, 6.07) is 8.96. The maximum absolute atomic E-state index is 12.7. The first-order valence-corrected chi connectivity index (χ1v) is 10.7. The van der Waals surface area contributed by atoms with Crippen LogP contribution in [0.5, 0.6) is 0 Å². The Balaban J connectivity index is 1.91. The topological polar surface area (TPSA) is 131 Å². The van der Waals surface area contributed by atoms with Gasteiger partial charge in [0.1, 0.15) is 11.9 Å². The Morgan fingerprint density at radius 1 is 1.30 bits per heavy atom. The highest BCUT2D eigenvalue weighted by Crippen LogP contribution is 2.20. The van der Waals surface area contributed by atoms with Crippen molar-refractivity contribution in [3.8, 4) is 11.9 Å². The summed E-state index contributed by atoms with van der Waals surface area (Å²) >= 11 is 5.96. The van der Waals surface area contributed by atoms with Crippen molar-refractivity contribution in [2.45, 2.75) is 11.8 Å². The second kappa shape index (κ2) is 8.06. The van der Waals surface area contributed by atoms with Crippen molar-refractivity contribution in [3.63, 3.8) is 0 Å². The Labute approximate surface area is 177 Å². The first-order valence-electron chi connectivity index (χ1n) is 8.40. The molecule has 0 saturated carbocycles. The lowest BCUT2D eigenvalue weighted by Gasteiger charge is -2.10. The number of nitriles is 1. The molecule has 152 valence electrons. The molecule has 0 bridgehead atoms. The van der Waals surface area contributed by atoms with Crippen LogP contribution in [0.2, 0.25) is 5.02 Å². The van der Waals surface area contributed by atoms with Crippen LogP contribution in [0.3, 0.4) is 0 Å². The summed E-state index contributed by atoms with van der Waals surface area (Å²) in [7, 11) is -3.55. The van der Waals surface area contributed by atoms with E-state index in [9.17, 15) is 13.2 Å². The number of hydrogen-bond acceptors (Lipinski definition) is 7. The molecule has 0 aliphatic carbocycles. The summed E-state index contributed by atoms with van der Waals surface area (Å²) in [6.45, 7) is 5.49. The molecular formula is C19H15ClN6O3S. The van der Waals surface area contributed by atoms with Crippen molar-refractivity contribution in [3.05, 3.63) is 70.9 Å². The fourth-order valence-corrected chi connectivity index (χ4v) is 3.50. The molecule has 9 nitrogen and oxygen atoms in total. The van der Waals surface area contributed by atoms with E-state index in [0.29, 0.717) is 17.2 Å². The monoisotopic (exact) mass is 442 g/mol. The first-order chi connectivity index (χ1) is 14.1. The summed E-state index contributed by atoms with van der Waals surface area (Å²) in [5, 5.41) is 15.8. The highest BCUT2D eigenvalue weighted by atomic mass is 35.5. The molecule has 0 radical (unpaired) electrons. The van der Waals surface area contributed by atoms with Gasteiger partial charge in [-0.1, -0.05) is 18.2 Å². The van der Waals surface area contributed by atoms with E-state index in [1.807, 2.05) is 6.07 Å². The van der Waals surface area contributed by atoms with Gasteiger partial charge in [-0.2, -0.15) is 9.94 Å². The Morgan fingerprint density at radius 2 is 2.03 bits per heavy atom. The molecule has 0 fully saturated rings. The van der Waals surface area contributed by atoms with Crippen LogP contribution in [0, 0.1) is 18.3 Å². The molecule has 11 heteroatoms. The Kier molecular flexibility index (Phi) is 5.69. The van der Waals surface area contributed by atoms with E-state index in [1.54, 1.807) is 19.1 Å². The normalized spacial score (nSPS) is 11.0. The average Bonchev–Trinajstić information content (AvgIpc) is 3.08. The minimum atomic E-state index is -3.55. The molecule has 1 amide bonds. The SMILES string of the molecule is C=C(NC(=O)c1cc(Cl)cc(S(C)(=O)=O)c1)c1nc(C)nn1-c1ccc(C#N)cn1. The lowest BCUT2D eigenvalue weighted by Crippen LogP contribution is -2.23. The van der Waals surface area contributed by atoms with Crippen LogP contribution >= 0.6 is 11.6 Å². The predicted octanol–water partition coefficient (Wildman–Crippen LogP) is 2.30. The van der Waals surface area contributed by atoms with Crippen molar-refractivity contribution in [1.82, 2.24) is 25.1 Å². The molecule has 0 spiro atoms. The van der Waals surface area contributed by atoms with E-state index in [4.69, 9.17) is 16.9 Å². The van der Waals surface area contributed by atoms with Gasteiger partial charge in [0.15, 0.2) is 21.5 Å². The average molecular weight is 443 g/mol. The van der Waals surface area contributed by atoms with Gasteiger partial charge in [0, 0.05) is 23.0 Å². The molecule has 0 saturated heterocycles. The van der Waals surface area contributed by atoms with Gasteiger partial charge < -0.3 is 5.32 Å². The second-order valence-electron chi connectivity index (χ2n) is 6.29. The predicted molar refractivity (Wildman–Crippen MR) is 110 cm³/mol. The molecule has 0 aliphatic heterocycles. The van der Waals surface area contributed by atoms with E-state index in [-0.39, 0.29) is 27.0 Å². The number of benzene rings is 1. The number of carbonyl (C=O) groups excluding carboxylic acids is 1. The molecule has 2 aromatic heterocycles. The number of hydrogen-bond donors (Lipinski definition) is 1. The van der Waals surface area contributed by atoms with Crippen LogP contribution in [-0.2, 0) is 9.84 Å². The number of halogens is 1. The van der Waals surface area contributed by atoms with Crippen molar-refractivity contribution in [2.75, 3.05) is 6.26 Å². The Bertz CT molecular complexity index is 1310. The number of nitrogens with one attached hydrogen (secondary N) is 1. The van der Waals surface area contributed by atoms with Crippen LogP contribution in [-0.4, -0.2) is 40.3 Å². The number of carbonyl (C=O) groups is 1. The van der Waals surface area contributed by atoms with Crippen LogP contribution in [0.4, 0.5) is 0 Å². The number of pyridine rings is 1. The number of rotatable bonds is 5. The van der Waals surface area contributed by atoms with E-state index in [2.05, 4.69) is 27.0 Å². The zero-order valence-corrected chi connectivity index (χ0v) is 17.5. The molecule has 30 heavy (non-hydrogen) atoms. The Hall–Kier alpha value is -3.55. The minimum Gasteiger partial charge on any atom is -0.319 e. The highest BCUT2D eigenvalue weighted by Gasteiger charge is 2.18. The van der Waals surface area contributed by atoms with E-state index < -0.39 is 15.7 Å². The minimum absolute atomic E-state index is 0.0448. The van der Waals surface area contributed by atoms with Crippen molar-refractivity contribution in [1.29, 1.82) is 5.26 Å². The lowest BCUT2D eigenvalue weighted by molar-refractivity contribution is 0.0973. The molecule has 0 unspecified atom stereocenters. The number of aryl methyl sites for hydroxylation is 1. The van der Waals surface area contributed by atoms with Crippen LogP contribution in [0.15, 0.2) is 48.0 Å². The third-order valence-corrected chi connectivity index (χ3v) is 5.21. The van der Waals surface area contributed by atoms with Crippen LogP contribution in [0.25, 0.3) is 11.5 Å². The zero-order chi connectivity index (χ0) is 22.1. The van der Waals surface area contributed by atoms with Crippen LogP contribution < -0.4 is 5.32 Å². The summed E-state index contributed by atoms with van der Waals surface area (Å²) < 4.78 is 25.0. The van der Waals surface area contributed by atoms with Crippen LogP contribution in [0.1, 0.15) is 27.6 Å². The van der Waals surface area contributed by atoms with Gasteiger partial charge in [0.05, 0.1) is 16.2 Å². The number of aromatic nitrogens is 4. The van der Waals surface area contributed by atoms with Gasteiger partial charge in [-0.3, -0.25) is 4.79 Å². The van der Waals surface area contributed by atoms with Crippen molar-refractivity contribution in [2.24, 2.45) is 0 Å². The first kappa shape index (κ1) is 21.2. The van der Waals surface area contributed by atoms with Crippen molar-refractivity contribution >= 4 is 33.0 Å². The third-order valence-electron chi connectivity index (χ3n) is 3.90. The Morgan fingerprint density at radius 3 is 2.63 bits per heavy atom. The van der Waals surface area contributed by atoms with Crippen molar-refractivity contribution < 1.29 is 13.2 Å².